The fourth-order valence-electron chi connectivity index (χ4n) is 1.31. The highest BCUT2D eigenvalue weighted by Gasteiger charge is 2.00. The van der Waals surface area contributed by atoms with Crippen molar-refractivity contribution in [3.05, 3.63) is 35.9 Å². The number of rotatable bonds is 8. The van der Waals surface area contributed by atoms with Gasteiger partial charge in [-0.25, -0.2) is 4.79 Å². The number of methoxy groups -OCH3 is 1. The first-order chi connectivity index (χ1) is 9.61. The molecule has 6 heteroatoms. The van der Waals surface area contributed by atoms with Crippen LogP contribution in [0.4, 0.5) is 0 Å². The molecule has 0 saturated carbocycles. The first-order valence-corrected chi connectivity index (χ1v) is 7.05. The molecular formula is C14H16O5S. The van der Waals surface area contributed by atoms with Crippen LogP contribution >= 0.6 is 11.8 Å². The zero-order valence-electron chi connectivity index (χ0n) is 11.1. The van der Waals surface area contributed by atoms with Gasteiger partial charge < -0.3 is 14.6 Å². The summed E-state index contributed by atoms with van der Waals surface area (Å²) in [4.78, 5) is 21.3. The van der Waals surface area contributed by atoms with E-state index in [4.69, 9.17) is 9.84 Å². The summed E-state index contributed by atoms with van der Waals surface area (Å²) < 4.78 is 10.0. The molecule has 0 amide bonds. The highest BCUT2D eigenvalue weighted by molar-refractivity contribution is 7.99. The molecule has 0 fully saturated rings. The fourth-order valence-corrected chi connectivity index (χ4v) is 1.94. The average molecular weight is 296 g/mol. The minimum Gasteiger partial charge on any atom is -0.493 e. The van der Waals surface area contributed by atoms with Gasteiger partial charge in [-0.05, 0) is 23.8 Å². The first-order valence-electron chi connectivity index (χ1n) is 5.90. The lowest BCUT2D eigenvalue weighted by molar-refractivity contribution is -0.137. The number of ether oxygens (including phenoxy) is 2. The summed E-state index contributed by atoms with van der Waals surface area (Å²) in [7, 11) is 1.36. The highest BCUT2D eigenvalue weighted by atomic mass is 32.2. The van der Waals surface area contributed by atoms with Crippen molar-refractivity contribution in [3.63, 3.8) is 0 Å². The summed E-state index contributed by atoms with van der Waals surface area (Å²) in [5.74, 6) is 0.397. The van der Waals surface area contributed by atoms with Gasteiger partial charge in [-0.1, -0.05) is 12.1 Å². The van der Waals surface area contributed by atoms with E-state index in [9.17, 15) is 9.59 Å². The van der Waals surface area contributed by atoms with Gasteiger partial charge >= 0.3 is 11.9 Å². The minimum atomic E-state index is -0.990. The van der Waals surface area contributed by atoms with Crippen LogP contribution in [0, 0.1) is 0 Å². The summed E-state index contributed by atoms with van der Waals surface area (Å²) >= 11 is 1.43. The maximum Gasteiger partial charge on any atom is 0.328 e. The van der Waals surface area contributed by atoms with E-state index in [0.29, 0.717) is 23.9 Å². The Labute approximate surface area is 121 Å². The second-order valence-corrected chi connectivity index (χ2v) is 4.83. The molecule has 0 aliphatic carbocycles. The van der Waals surface area contributed by atoms with Crippen molar-refractivity contribution in [2.24, 2.45) is 0 Å². The SMILES string of the molecule is COC(=O)CSCCOc1cccc(C=CC(=O)O)c1. The van der Waals surface area contributed by atoms with Gasteiger partial charge in [-0.3, -0.25) is 4.79 Å². The van der Waals surface area contributed by atoms with Crippen LogP contribution in [0.3, 0.4) is 0 Å². The Balaban J connectivity index is 2.35. The predicted molar refractivity (Wildman–Crippen MR) is 77.9 cm³/mol. The molecule has 0 heterocycles. The van der Waals surface area contributed by atoms with Crippen LogP contribution in [-0.2, 0) is 14.3 Å². The van der Waals surface area contributed by atoms with Crippen LogP contribution in [0.5, 0.6) is 5.75 Å². The van der Waals surface area contributed by atoms with Crippen LogP contribution in [-0.4, -0.2) is 42.3 Å². The van der Waals surface area contributed by atoms with Crippen LogP contribution in [0.25, 0.3) is 6.08 Å². The largest absolute Gasteiger partial charge is 0.493 e. The lowest BCUT2D eigenvalue weighted by Gasteiger charge is -2.06. The zero-order valence-corrected chi connectivity index (χ0v) is 11.9. The van der Waals surface area contributed by atoms with Gasteiger partial charge in [0.05, 0.1) is 19.5 Å². The van der Waals surface area contributed by atoms with E-state index in [0.717, 1.165) is 11.6 Å². The maximum absolute atomic E-state index is 10.9. The first kappa shape index (κ1) is 16.1. The van der Waals surface area contributed by atoms with Gasteiger partial charge in [0, 0.05) is 11.8 Å². The van der Waals surface area contributed by atoms with Crippen molar-refractivity contribution in [2.45, 2.75) is 0 Å². The molecule has 1 N–H and O–H groups in total. The summed E-state index contributed by atoms with van der Waals surface area (Å²) in [5.41, 5.74) is 0.757. The lowest BCUT2D eigenvalue weighted by atomic mass is 10.2. The Hall–Kier alpha value is -1.95. The smallest absolute Gasteiger partial charge is 0.328 e. The standard InChI is InChI=1S/C14H16O5S/c1-18-14(17)10-20-8-7-19-12-4-2-3-11(9-12)5-6-13(15)16/h2-6,9H,7-8,10H2,1H3,(H,15,16). The van der Waals surface area contributed by atoms with Gasteiger partial charge in [0.1, 0.15) is 5.75 Å². The molecule has 0 radical (unpaired) electrons. The van der Waals surface area contributed by atoms with E-state index in [1.807, 2.05) is 0 Å². The Kier molecular flexibility index (Phi) is 7.27. The number of carboxylic acid groups (broad SMARTS) is 1. The van der Waals surface area contributed by atoms with Gasteiger partial charge in [-0.2, -0.15) is 0 Å². The molecule has 0 unspecified atom stereocenters. The van der Waals surface area contributed by atoms with E-state index in [1.54, 1.807) is 24.3 Å². The molecule has 0 atom stereocenters. The van der Waals surface area contributed by atoms with Crippen LogP contribution in [0.15, 0.2) is 30.3 Å². The molecular weight excluding hydrogens is 280 g/mol. The molecule has 0 aliphatic heterocycles. The molecule has 1 aromatic rings. The molecule has 0 aliphatic rings. The number of carbonyl (C=O) groups excluding carboxylic acids is 1. The van der Waals surface area contributed by atoms with E-state index < -0.39 is 5.97 Å². The molecule has 1 rings (SSSR count). The number of benzene rings is 1. The summed E-state index contributed by atoms with van der Waals surface area (Å²) in [6, 6.07) is 7.13. The number of carboxylic acids is 1. The summed E-state index contributed by atoms with van der Waals surface area (Å²) in [5, 5.41) is 8.55. The Morgan fingerprint density at radius 3 is 2.90 bits per heavy atom. The Morgan fingerprint density at radius 1 is 1.40 bits per heavy atom. The molecule has 1 aromatic carbocycles. The lowest BCUT2D eigenvalue weighted by Crippen LogP contribution is -2.06. The van der Waals surface area contributed by atoms with E-state index in [2.05, 4.69) is 4.74 Å². The third kappa shape index (κ3) is 6.84. The van der Waals surface area contributed by atoms with Crippen molar-refractivity contribution in [1.29, 1.82) is 0 Å². The normalized spacial score (nSPS) is 10.4. The zero-order chi connectivity index (χ0) is 14.8. The summed E-state index contributed by atoms with van der Waals surface area (Å²) in [6.45, 7) is 0.466. The monoisotopic (exact) mass is 296 g/mol. The molecule has 0 aromatic heterocycles. The van der Waals surface area contributed by atoms with Gasteiger partial charge in [0.15, 0.2) is 0 Å². The number of hydrogen-bond donors (Lipinski definition) is 1. The number of hydrogen-bond acceptors (Lipinski definition) is 5. The van der Waals surface area contributed by atoms with Crippen LogP contribution < -0.4 is 4.74 Å². The van der Waals surface area contributed by atoms with Gasteiger partial charge in [0.2, 0.25) is 0 Å². The van der Waals surface area contributed by atoms with Crippen LogP contribution in [0.2, 0.25) is 0 Å². The number of esters is 1. The fraction of sp³-hybridized carbons (Fsp3) is 0.286. The van der Waals surface area contributed by atoms with Gasteiger partial charge in [-0.15, -0.1) is 11.8 Å². The summed E-state index contributed by atoms with van der Waals surface area (Å²) in [6.07, 6.45) is 2.58. The van der Waals surface area contributed by atoms with E-state index in [-0.39, 0.29) is 5.97 Å². The quantitative estimate of drug-likeness (QED) is 0.450. The maximum atomic E-state index is 10.9. The molecule has 5 nitrogen and oxygen atoms in total. The molecule has 0 spiro atoms. The Bertz CT molecular complexity index is 484. The van der Waals surface area contributed by atoms with E-state index >= 15 is 0 Å². The average Bonchev–Trinajstić information content (AvgIpc) is 2.45. The van der Waals surface area contributed by atoms with Crippen molar-refractivity contribution in [3.8, 4) is 5.75 Å². The van der Waals surface area contributed by atoms with Crippen molar-refractivity contribution in [1.82, 2.24) is 0 Å². The topological polar surface area (TPSA) is 72.8 Å². The van der Waals surface area contributed by atoms with Crippen molar-refractivity contribution >= 4 is 29.8 Å². The Morgan fingerprint density at radius 2 is 2.20 bits per heavy atom. The molecule has 0 saturated heterocycles. The van der Waals surface area contributed by atoms with Crippen LogP contribution in [0.1, 0.15) is 5.56 Å². The van der Waals surface area contributed by atoms with Crippen molar-refractivity contribution in [2.75, 3.05) is 25.2 Å². The molecule has 0 bridgehead atoms. The minimum absolute atomic E-state index is 0.254. The number of thioether (sulfide) groups is 1. The number of aliphatic carboxylic acids is 1. The van der Waals surface area contributed by atoms with Crippen molar-refractivity contribution < 1.29 is 24.2 Å². The second kappa shape index (κ2) is 9.03. The highest BCUT2D eigenvalue weighted by Crippen LogP contribution is 2.15. The van der Waals surface area contributed by atoms with Gasteiger partial charge in [0.25, 0.3) is 0 Å². The number of carbonyl (C=O) groups is 2. The molecule has 108 valence electrons. The molecule has 20 heavy (non-hydrogen) atoms. The van der Waals surface area contributed by atoms with E-state index in [1.165, 1.54) is 24.9 Å². The third-order valence-electron chi connectivity index (χ3n) is 2.22. The predicted octanol–water partition coefficient (Wildman–Crippen LogP) is 2.07. The third-order valence-corrected chi connectivity index (χ3v) is 3.12. The second-order valence-electron chi connectivity index (χ2n) is 3.72.